The van der Waals surface area contributed by atoms with Gasteiger partial charge in [0.2, 0.25) is 0 Å². The van der Waals surface area contributed by atoms with Crippen LogP contribution in [0.4, 0.5) is 0 Å². The Labute approximate surface area is 194 Å². The molecule has 4 fully saturated rings. The Hall–Kier alpha value is -0.570. The average Bonchev–Trinajstić information content (AvgIpc) is 3.31. The van der Waals surface area contributed by atoms with E-state index in [1.807, 2.05) is 14.0 Å². The normalized spacial score (nSPS) is 43.2. The van der Waals surface area contributed by atoms with E-state index >= 15 is 0 Å². The van der Waals surface area contributed by atoms with Crippen molar-refractivity contribution in [3.63, 3.8) is 0 Å². The number of ether oxygens (including phenoxy) is 1. The minimum absolute atomic E-state index is 0.159. The number of rotatable bonds is 5. The fraction of sp³-hybridized carbons (Fsp3) is 0.917. The second-order valence-electron chi connectivity index (χ2n) is 11.1. The number of alkyl halides is 3. The van der Waals surface area contributed by atoms with E-state index in [1.54, 1.807) is 9.11 Å². The fourth-order valence-corrected chi connectivity index (χ4v) is 17.9. The molecule has 1 aromatic heterocycles. The number of tetrazole rings is 1. The van der Waals surface area contributed by atoms with Gasteiger partial charge < -0.3 is 0 Å². The van der Waals surface area contributed by atoms with Crippen LogP contribution in [0.5, 0.6) is 0 Å². The molecule has 2 saturated heterocycles. The van der Waals surface area contributed by atoms with E-state index in [2.05, 4.69) is 29.4 Å². The number of methoxy groups -OCH3 is 1. The van der Waals surface area contributed by atoms with Crippen molar-refractivity contribution in [2.24, 2.45) is 35.0 Å². The standard InChI is InChI=1S/C24H39IN4O2/c1-16-7-11-24(15-31-4)20-8-10-23(3)19(18(20)9-12-25(24)13-16)5-6-21(23)22(30)14-29-17(2)26-27-28-29/h16,18-21H,5-15H2,1-4H3. The number of aryl methyl sites for hydroxylation is 1. The van der Waals surface area contributed by atoms with E-state index in [1.165, 1.54) is 43.0 Å². The van der Waals surface area contributed by atoms with Crippen molar-refractivity contribution in [3.8, 4) is 0 Å². The summed E-state index contributed by atoms with van der Waals surface area (Å²) >= 11 is -1.01. The predicted octanol–water partition coefficient (Wildman–Crippen LogP) is 4.33. The zero-order valence-corrected chi connectivity index (χ0v) is 21.8. The Morgan fingerprint density at radius 2 is 2.03 bits per heavy atom. The minimum atomic E-state index is -1.01. The molecule has 31 heavy (non-hydrogen) atoms. The van der Waals surface area contributed by atoms with Crippen LogP contribution in [-0.2, 0) is 16.1 Å². The number of carbonyl (C=O) groups excluding carboxylic acids is 1. The summed E-state index contributed by atoms with van der Waals surface area (Å²) in [6.45, 7) is 8.16. The maximum atomic E-state index is 13.4. The molecule has 0 N–H and O–H groups in total. The van der Waals surface area contributed by atoms with Crippen LogP contribution in [0.3, 0.4) is 0 Å². The second-order valence-corrected chi connectivity index (χ2v) is 17.8. The predicted molar refractivity (Wildman–Crippen MR) is 129 cm³/mol. The molecule has 0 amide bonds. The van der Waals surface area contributed by atoms with E-state index in [4.69, 9.17) is 4.74 Å². The van der Waals surface area contributed by atoms with Crippen LogP contribution in [-0.4, -0.2) is 52.0 Å². The number of halogens is 1. The second kappa shape index (κ2) is 8.33. The number of ketones is 1. The monoisotopic (exact) mass is 542 g/mol. The molecule has 2 aliphatic carbocycles. The van der Waals surface area contributed by atoms with Crippen molar-refractivity contribution < 1.29 is 9.53 Å². The number of nitrogens with zero attached hydrogens (tertiary/aromatic N) is 4. The summed E-state index contributed by atoms with van der Waals surface area (Å²) < 4.78 is 11.2. The van der Waals surface area contributed by atoms with Crippen LogP contribution in [0, 0.1) is 41.9 Å². The van der Waals surface area contributed by atoms with Crippen LogP contribution in [0.15, 0.2) is 0 Å². The summed E-state index contributed by atoms with van der Waals surface area (Å²) in [5, 5.41) is 11.7. The molecule has 0 aromatic carbocycles. The molecule has 0 spiro atoms. The molecule has 7 atom stereocenters. The van der Waals surface area contributed by atoms with Gasteiger partial charge >= 0.3 is 194 Å². The van der Waals surface area contributed by atoms with Gasteiger partial charge in [0.1, 0.15) is 0 Å². The third-order valence-corrected chi connectivity index (χ3v) is 18.8. The quantitative estimate of drug-likeness (QED) is 0.409. The van der Waals surface area contributed by atoms with Crippen molar-refractivity contribution >= 4 is 25.6 Å². The van der Waals surface area contributed by atoms with E-state index in [9.17, 15) is 4.79 Å². The summed E-state index contributed by atoms with van der Waals surface area (Å²) in [7, 11) is 1.93. The molecule has 6 nitrogen and oxygen atoms in total. The molecular formula is C24H39IN4O2. The van der Waals surface area contributed by atoms with Crippen molar-refractivity contribution in [2.75, 3.05) is 22.6 Å². The number of carbonyl (C=O) groups is 1. The molecule has 2 aliphatic heterocycles. The first-order valence-electron chi connectivity index (χ1n) is 12.3. The van der Waals surface area contributed by atoms with Gasteiger partial charge in [-0.1, -0.05) is 0 Å². The first-order valence-corrected chi connectivity index (χ1v) is 16.4. The summed E-state index contributed by atoms with van der Waals surface area (Å²) in [6.07, 6.45) is 9.07. The van der Waals surface area contributed by atoms with Gasteiger partial charge in [-0.2, -0.15) is 0 Å². The molecule has 0 radical (unpaired) electrons. The Balaban J connectivity index is 1.38. The van der Waals surface area contributed by atoms with Crippen molar-refractivity contribution in [1.29, 1.82) is 0 Å². The van der Waals surface area contributed by atoms with E-state index in [0.717, 1.165) is 36.6 Å². The Morgan fingerprint density at radius 1 is 1.19 bits per heavy atom. The zero-order valence-electron chi connectivity index (χ0n) is 19.6. The third-order valence-electron chi connectivity index (χ3n) is 9.60. The number of aromatic nitrogens is 4. The fourth-order valence-electron chi connectivity index (χ4n) is 8.09. The topological polar surface area (TPSA) is 69.9 Å². The molecule has 7 heteroatoms. The van der Waals surface area contributed by atoms with Gasteiger partial charge in [-0.05, 0) is 0 Å². The summed E-state index contributed by atoms with van der Waals surface area (Å²) in [6, 6.07) is 0. The zero-order chi connectivity index (χ0) is 21.8. The molecule has 4 aliphatic rings. The third kappa shape index (κ3) is 3.51. The van der Waals surface area contributed by atoms with Gasteiger partial charge in [0, 0.05) is 0 Å². The Bertz CT molecular complexity index is 830. The van der Waals surface area contributed by atoms with Crippen LogP contribution < -0.4 is 0 Å². The van der Waals surface area contributed by atoms with Gasteiger partial charge in [0.25, 0.3) is 0 Å². The Kier molecular flexibility index (Phi) is 5.98. The van der Waals surface area contributed by atoms with Crippen molar-refractivity contribution in [2.45, 2.75) is 75.7 Å². The maximum absolute atomic E-state index is 13.4. The SMILES string of the molecule is COCC12CCC(C)CI1CCC1C3CCC(C(=O)Cn4nnnc4C)C3(C)CCC12. The first-order chi connectivity index (χ1) is 14.9. The van der Waals surface area contributed by atoms with Gasteiger partial charge in [0.05, 0.1) is 0 Å². The molecule has 174 valence electrons. The summed E-state index contributed by atoms with van der Waals surface area (Å²) in [4.78, 5) is 13.4. The van der Waals surface area contributed by atoms with Crippen LogP contribution in [0.1, 0.15) is 64.6 Å². The molecular weight excluding hydrogens is 503 g/mol. The van der Waals surface area contributed by atoms with Crippen molar-refractivity contribution in [3.05, 3.63) is 5.82 Å². The number of Topliss-reactive ketones (excluding diaryl/α,β-unsaturated/α-hetero) is 1. The van der Waals surface area contributed by atoms with Gasteiger partial charge in [-0.25, -0.2) is 0 Å². The van der Waals surface area contributed by atoms with Crippen LogP contribution in [0.25, 0.3) is 0 Å². The van der Waals surface area contributed by atoms with Crippen LogP contribution >= 0.6 is 19.8 Å². The van der Waals surface area contributed by atoms with Gasteiger partial charge in [-0.15, -0.1) is 0 Å². The molecule has 0 bridgehead atoms. The van der Waals surface area contributed by atoms with E-state index in [0.29, 0.717) is 21.7 Å². The number of fused-ring (bicyclic) bond motifs is 5. The summed E-state index contributed by atoms with van der Waals surface area (Å²) in [5.74, 6) is 4.55. The van der Waals surface area contributed by atoms with Gasteiger partial charge in [-0.3, -0.25) is 0 Å². The summed E-state index contributed by atoms with van der Waals surface area (Å²) in [5.41, 5.74) is 0.159. The number of hydrogen-bond donors (Lipinski definition) is 0. The van der Waals surface area contributed by atoms with E-state index in [-0.39, 0.29) is 11.3 Å². The molecule has 5 rings (SSSR count). The number of hydrogen-bond acceptors (Lipinski definition) is 5. The molecule has 2 saturated carbocycles. The first kappa shape index (κ1) is 22.2. The van der Waals surface area contributed by atoms with E-state index < -0.39 is 19.8 Å². The average molecular weight is 543 g/mol. The Morgan fingerprint density at radius 3 is 2.77 bits per heavy atom. The molecule has 3 heterocycles. The van der Waals surface area contributed by atoms with Crippen molar-refractivity contribution in [1.82, 2.24) is 20.2 Å². The van der Waals surface area contributed by atoms with Gasteiger partial charge in [0.15, 0.2) is 0 Å². The van der Waals surface area contributed by atoms with Crippen LogP contribution in [0.2, 0.25) is 0 Å². The molecule has 1 aromatic rings. The molecule has 7 unspecified atom stereocenters.